The average molecular weight is 301 g/mol. The molecular weight excluding hydrogens is 260 g/mol. The predicted octanol–water partition coefficient (Wildman–Crippen LogP) is 5.49. The van der Waals surface area contributed by atoms with E-state index >= 15 is 0 Å². The highest BCUT2D eigenvalue weighted by Gasteiger charge is 2.39. The zero-order chi connectivity index (χ0) is 17.0. The van der Waals surface area contributed by atoms with Crippen LogP contribution in [0.4, 0.5) is 0 Å². The number of aliphatic hydroxyl groups excluding tert-OH is 1. The molecule has 0 saturated heterocycles. The van der Waals surface area contributed by atoms with Gasteiger partial charge in [-0.1, -0.05) is 54.9 Å². The first-order chi connectivity index (χ1) is 9.31. The fourth-order valence-electron chi connectivity index (χ4n) is 3.23. The van der Waals surface area contributed by atoms with E-state index in [2.05, 4.69) is 48.5 Å². The molecule has 0 saturated carbocycles. The minimum atomic E-state index is -0.689. The van der Waals surface area contributed by atoms with E-state index in [-0.39, 0.29) is 16.9 Å². The smallest absolute Gasteiger partial charge is 0.158 e. The van der Waals surface area contributed by atoms with Gasteiger partial charge in [-0.05, 0) is 50.4 Å². The first-order valence-electron chi connectivity index (χ1n) is 8.67. The lowest BCUT2D eigenvalue weighted by Gasteiger charge is -2.43. The molecule has 0 aromatic rings. The summed E-state index contributed by atoms with van der Waals surface area (Å²) in [5.74, 6) is 1.61. The highest BCUT2D eigenvalue weighted by Crippen LogP contribution is 2.42. The standard InChI is InChI=1S/C19H40O2/c1-11-12-15(14(4)18(5,6)7)16(13(2)3)17(20)21-19(8,9)10/h13-17,20H,11-12H2,1-10H3. The maximum Gasteiger partial charge on any atom is 0.158 e. The molecule has 2 heteroatoms. The summed E-state index contributed by atoms with van der Waals surface area (Å²) in [5, 5.41) is 10.7. The van der Waals surface area contributed by atoms with Gasteiger partial charge in [0.1, 0.15) is 0 Å². The molecule has 0 aliphatic rings. The topological polar surface area (TPSA) is 29.5 Å². The Kier molecular flexibility index (Phi) is 7.94. The normalized spacial score (nSPS) is 19.4. The third-order valence-electron chi connectivity index (χ3n) is 4.70. The van der Waals surface area contributed by atoms with Crippen molar-refractivity contribution >= 4 is 0 Å². The van der Waals surface area contributed by atoms with Crippen molar-refractivity contribution in [2.75, 3.05) is 0 Å². The van der Waals surface area contributed by atoms with Crippen LogP contribution < -0.4 is 0 Å². The zero-order valence-electron chi connectivity index (χ0n) is 16.2. The summed E-state index contributed by atoms with van der Waals surface area (Å²) in [6.07, 6.45) is 1.61. The van der Waals surface area contributed by atoms with Gasteiger partial charge in [0, 0.05) is 5.92 Å². The van der Waals surface area contributed by atoms with E-state index in [9.17, 15) is 5.11 Å². The minimum absolute atomic E-state index is 0.179. The van der Waals surface area contributed by atoms with Gasteiger partial charge in [-0.25, -0.2) is 0 Å². The summed E-state index contributed by atoms with van der Waals surface area (Å²) in [5.41, 5.74) is -0.0667. The van der Waals surface area contributed by atoms with Crippen molar-refractivity contribution in [2.45, 2.75) is 94.0 Å². The molecule has 0 amide bonds. The third kappa shape index (κ3) is 7.15. The Bertz CT molecular complexity index is 283. The molecule has 0 heterocycles. The largest absolute Gasteiger partial charge is 0.368 e. The van der Waals surface area contributed by atoms with Crippen LogP contribution in [0.2, 0.25) is 0 Å². The Morgan fingerprint density at radius 2 is 1.43 bits per heavy atom. The lowest BCUT2D eigenvalue weighted by atomic mass is 9.65. The number of aliphatic hydroxyl groups is 1. The van der Waals surface area contributed by atoms with E-state index in [1.54, 1.807) is 0 Å². The molecule has 4 atom stereocenters. The van der Waals surface area contributed by atoms with Crippen LogP contribution in [0.25, 0.3) is 0 Å². The van der Waals surface area contributed by atoms with Crippen LogP contribution in [0.5, 0.6) is 0 Å². The maximum absolute atomic E-state index is 10.7. The monoisotopic (exact) mass is 300 g/mol. The molecule has 21 heavy (non-hydrogen) atoms. The summed E-state index contributed by atoms with van der Waals surface area (Å²) < 4.78 is 5.91. The first-order valence-corrected chi connectivity index (χ1v) is 8.67. The van der Waals surface area contributed by atoms with Crippen molar-refractivity contribution in [2.24, 2.45) is 29.1 Å². The molecule has 0 aliphatic carbocycles. The van der Waals surface area contributed by atoms with Crippen LogP contribution in [0.3, 0.4) is 0 Å². The van der Waals surface area contributed by atoms with Gasteiger partial charge in [-0.2, -0.15) is 0 Å². The second-order valence-electron chi connectivity index (χ2n) is 9.05. The lowest BCUT2D eigenvalue weighted by molar-refractivity contribution is -0.214. The quantitative estimate of drug-likeness (QED) is 0.630. The second-order valence-corrected chi connectivity index (χ2v) is 9.05. The summed E-state index contributed by atoms with van der Waals surface area (Å²) >= 11 is 0. The summed E-state index contributed by atoms with van der Waals surface area (Å²) in [4.78, 5) is 0. The van der Waals surface area contributed by atoms with E-state index in [0.29, 0.717) is 17.8 Å². The third-order valence-corrected chi connectivity index (χ3v) is 4.70. The molecule has 4 unspecified atom stereocenters. The maximum atomic E-state index is 10.7. The highest BCUT2D eigenvalue weighted by atomic mass is 16.6. The second kappa shape index (κ2) is 7.97. The summed E-state index contributed by atoms with van der Waals surface area (Å²) in [6.45, 7) is 21.9. The van der Waals surface area contributed by atoms with E-state index in [1.807, 2.05) is 20.8 Å². The number of hydrogen-bond acceptors (Lipinski definition) is 2. The molecule has 128 valence electrons. The lowest BCUT2D eigenvalue weighted by Crippen LogP contribution is -2.43. The van der Waals surface area contributed by atoms with E-state index in [1.165, 1.54) is 0 Å². The highest BCUT2D eigenvalue weighted by molar-refractivity contribution is 4.85. The molecule has 0 bridgehead atoms. The Hall–Kier alpha value is -0.0800. The van der Waals surface area contributed by atoms with Crippen molar-refractivity contribution in [1.82, 2.24) is 0 Å². The molecule has 1 N–H and O–H groups in total. The average Bonchev–Trinajstić information content (AvgIpc) is 2.22. The predicted molar refractivity (Wildman–Crippen MR) is 92.2 cm³/mol. The van der Waals surface area contributed by atoms with Crippen LogP contribution in [0, 0.1) is 29.1 Å². The van der Waals surface area contributed by atoms with Gasteiger partial charge in [0.05, 0.1) is 5.60 Å². The summed E-state index contributed by atoms with van der Waals surface area (Å²) in [7, 11) is 0. The van der Waals surface area contributed by atoms with Gasteiger partial charge < -0.3 is 9.84 Å². The van der Waals surface area contributed by atoms with Crippen LogP contribution in [0.1, 0.15) is 82.1 Å². The van der Waals surface area contributed by atoms with Gasteiger partial charge in [-0.15, -0.1) is 0 Å². The number of ether oxygens (including phenoxy) is 1. The Morgan fingerprint density at radius 1 is 0.952 bits per heavy atom. The summed E-state index contributed by atoms with van der Waals surface area (Å²) in [6, 6.07) is 0. The molecule has 0 rings (SSSR count). The van der Waals surface area contributed by atoms with Gasteiger partial charge in [-0.3, -0.25) is 0 Å². The molecule has 0 aromatic heterocycles. The number of hydrogen-bond donors (Lipinski definition) is 1. The van der Waals surface area contributed by atoms with Gasteiger partial charge >= 0.3 is 0 Å². The van der Waals surface area contributed by atoms with Gasteiger partial charge in [0.15, 0.2) is 6.29 Å². The van der Waals surface area contributed by atoms with Crippen LogP contribution in [-0.4, -0.2) is 17.0 Å². The molecule has 0 spiro atoms. The van der Waals surface area contributed by atoms with E-state index in [0.717, 1.165) is 12.8 Å². The number of rotatable bonds is 7. The van der Waals surface area contributed by atoms with Gasteiger partial charge in [0.2, 0.25) is 0 Å². The van der Waals surface area contributed by atoms with E-state index in [4.69, 9.17) is 4.74 Å². The van der Waals surface area contributed by atoms with Crippen molar-refractivity contribution < 1.29 is 9.84 Å². The van der Waals surface area contributed by atoms with Crippen molar-refractivity contribution in [3.63, 3.8) is 0 Å². The molecule has 0 aromatic carbocycles. The molecule has 2 nitrogen and oxygen atoms in total. The first kappa shape index (κ1) is 20.9. The Balaban J connectivity index is 5.34. The van der Waals surface area contributed by atoms with Crippen molar-refractivity contribution in [1.29, 1.82) is 0 Å². The zero-order valence-corrected chi connectivity index (χ0v) is 16.2. The van der Waals surface area contributed by atoms with Crippen molar-refractivity contribution in [3.8, 4) is 0 Å². The molecule has 0 fully saturated rings. The molecule has 0 aliphatic heterocycles. The van der Waals surface area contributed by atoms with Crippen LogP contribution in [0.15, 0.2) is 0 Å². The SMILES string of the molecule is CCCC(C(C(C)C)C(O)OC(C)(C)C)C(C)C(C)(C)C. The van der Waals surface area contributed by atoms with Crippen LogP contribution >= 0.6 is 0 Å². The minimum Gasteiger partial charge on any atom is -0.368 e. The molecule has 0 radical (unpaired) electrons. The van der Waals surface area contributed by atoms with Crippen LogP contribution in [-0.2, 0) is 4.74 Å². The Morgan fingerprint density at radius 3 is 1.71 bits per heavy atom. The molecular formula is C19H40O2. The Labute approximate surface area is 133 Å². The fourth-order valence-corrected chi connectivity index (χ4v) is 3.23. The fraction of sp³-hybridized carbons (Fsp3) is 1.00. The van der Waals surface area contributed by atoms with Gasteiger partial charge in [0.25, 0.3) is 0 Å². The van der Waals surface area contributed by atoms with Crippen molar-refractivity contribution in [3.05, 3.63) is 0 Å². The van der Waals surface area contributed by atoms with E-state index < -0.39 is 6.29 Å².